The zero-order valence-electron chi connectivity index (χ0n) is 14.3. The number of nitrogens with zero attached hydrogens (tertiary/aromatic N) is 1. The Hall–Kier alpha value is -0.170. The fraction of sp³-hybridized carbons (Fsp3) is 1.00. The fourth-order valence-corrected chi connectivity index (χ4v) is 5.04. The van der Waals surface area contributed by atoms with Crippen LogP contribution in [-0.4, -0.2) is 57.0 Å². The molecule has 130 valence electrons. The van der Waals surface area contributed by atoms with Crippen molar-refractivity contribution in [3.63, 3.8) is 0 Å². The monoisotopic (exact) mass is 332 g/mol. The van der Waals surface area contributed by atoms with Gasteiger partial charge in [0, 0.05) is 31.8 Å². The molecule has 1 unspecified atom stereocenters. The predicted octanol–water partition coefficient (Wildman–Crippen LogP) is 1.99. The Morgan fingerprint density at radius 3 is 2.55 bits per heavy atom. The Morgan fingerprint density at radius 1 is 1.23 bits per heavy atom. The van der Waals surface area contributed by atoms with E-state index in [1.807, 2.05) is 0 Å². The van der Waals surface area contributed by atoms with Crippen molar-refractivity contribution in [2.45, 2.75) is 63.7 Å². The summed E-state index contributed by atoms with van der Waals surface area (Å²) in [5, 5.41) is -0.290. The molecule has 2 rings (SSSR count). The highest BCUT2D eigenvalue weighted by molar-refractivity contribution is 7.90. The maximum atomic E-state index is 12.5. The Balaban J connectivity index is 1.90. The van der Waals surface area contributed by atoms with Gasteiger partial charge in [-0.05, 0) is 52.0 Å². The molecule has 2 aliphatic rings. The van der Waals surface area contributed by atoms with Gasteiger partial charge in [0.25, 0.3) is 0 Å². The van der Waals surface area contributed by atoms with E-state index in [2.05, 4.69) is 30.4 Å². The molecule has 6 heteroatoms. The van der Waals surface area contributed by atoms with Crippen LogP contribution >= 0.6 is 0 Å². The second-order valence-electron chi connectivity index (χ2n) is 7.35. The molecule has 22 heavy (non-hydrogen) atoms. The van der Waals surface area contributed by atoms with Crippen LogP contribution in [0.5, 0.6) is 0 Å². The van der Waals surface area contributed by atoms with E-state index in [-0.39, 0.29) is 10.8 Å². The second-order valence-corrected chi connectivity index (χ2v) is 9.40. The molecule has 0 amide bonds. The molecule has 1 N–H and O–H groups in total. The molecule has 0 aliphatic carbocycles. The van der Waals surface area contributed by atoms with Gasteiger partial charge in [0.1, 0.15) is 0 Å². The van der Waals surface area contributed by atoms with Crippen molar-refractivity contribution < 1.29 is 13.2 Å². The van der Waals surface area contributed by atoms with Gasteiger partial charge in [-0.3, -0.25) is 4.90 Å². The number of piperidine rings is 1. The van der Waals surface area contributed by atoms with Crippen molar-refractivity contribution in [3.05, 3.63) is 0 Å². The van der Waals surface area contributed by atoms with Crippen LogP contribution in [0.25, 0.3) is 0 Å². The molecule has 0 aromatic carbocycles. The topological polar surface area (TPSA) is 58.6 Å². The third-order valence-corrected chi connectivity index (χ3v) is 7.16. The van der Waals surface area contributed by atoms with Gasteiger partial charge in [-0.25, -0.2) is 13.1 Å². The summed E-state index contributed by atoms with van der Waals surface area (Å²) in [5.74, 6) is 0.750. The molecule has 0 aromatic heterocycles. The zero-order valence-corrected chi connectivity index (χ0v) is 15.1. The Bertz CT molecular complexity index is 444. The van der Waals surface area contributed by atoms with Crippen LogP contribution in [0.4, 0.5) is 0 Å². The Morgan fingerprint density at radius 2 is 1.91 bits per heavy atom. The smallest absolute Gasteiger partial charge is 0.214 e. The molecule has 0 spiro atoms. The third kappa shape index (κ3) is 4.66. The minimum atomic E-state index is -3.23. The van der Waals surface area contributed by atoms with Gasteiger partial charge in [-0.1, -0.05) is 13.3 Å². The third-order valence-electron chi connectivity index (χ3n) is 5.27. The summed E-state index contributed by atoms with van der Waals surface area (Å²) >= 11 is 0. The summed E-state index contributed by atoms with van der Waals surface area (Å²) in [4.78, 5) is 2.46. The van der Waals surface area contributed by atoms with Crippen molar-refractivity contribution in [1.29, 1.82) is 0 Å². The minimum Gasteiger partial charge on any atom is -0.381 e. The van der Waals surface area contributed by atoms with Crippen LogP contribution in [0, 0.1) is 5.92 Å². The number of nitrogens with one attached hydrogen (secondary N) is 1. The lowest BCUT2D eigenvalue weighted by molar-refractivity contribution is 0.0683. The van der Waals surface area contributed by atoms with E-state index in [0.717, 1.165) is 19.0 Å². The number of rotatable bonds is 6. The summed E-state index contributed by atoms with van der Waals surface area (Å²) in [7, 11) is -3.23. The summed E-state index contributed by atoms with van der Waals surface area (Å²) in [5.41, 5.74) is -0.133. The standard InChI is InChI=1S/C16H32N2O3S/c1-4-14-6-5-9-18(12-14)16(2,3)13-17-22(19,20)15-7-10-21-11-8-15/h14-15,17H,4-13H2,1-3H3. The summed E-state index contributed by atoms with van der Waals surface area (Å²) < 4.78 is 33.0. The van der Waals surface area contributed by atoms with Crippen LogP contribution in [0.2, 0.25) is 0 Å². The van der Waals surface area contributed by atoms with Crippen molar-refractivity contribution in [2.24, 2.45) is 5.92 Å². The highest BCUT2D eigenvalue weighted by atomic mass is 32.2. The van der Waals surface area contributed by atoms with Crippen molar-refractivity contribution >= 4 is 10.0 Å². The molecule has 5 nitrogen and oxygen atoms in total. The van der Waals surface area contributed by atoms with E-state index >= 15 is 0 Å². The minimum absolute atomic E-state index is 0.133. The van der Waals surface area contributed by atoms with Crippen LogP contribution < -0.4 is 4.72 Å². The first-order chi connectivity index (χ1) is 10.3. The van der Waals surface area contributed by atoms with Crippen LogP contribution in [-0.2, 0) is 14.8 Å². The summed E-state index contributed by atoms with van der Waals surface area (Å²) in [6.07, 6.45) is 4.95. The second kappa shape index (κ2) is 7.60. The van der Waals surface area contributed by atoms with Gasteiger partial charge >= 0.3 is 0 Å². The first-order valence-corrected chi connectivity index (χ1v) is 10.2. The highest BCUT2D eigenvalue weighted by Gasteiger charge is 2.34. The maximum Gasteiger partial charge on any atom is 0.214 e. The lowest BCUT2D eigenvalue weighted by Gasteiger charge is -2.43. The molecule has 1 atom stereocenters. The van der Waals surface area contributed by atoms with Crippen LogP contribution in [0.1, 0.15) is 52.9 Å². The Labute approximate surface area is 135 Å². The number of sulfonamides is 1. The van der Waals surface area contributed by atoms with Gasteiger partial charge in [0.15, 0.2) is 0 Å². The van der Waals surface area contributed by atoms with E-state index in [4.69, 9.17) is 4.74 Å². The summed E-state index contributed by atoms with van der Waals surface area (Å²) in [6.45, 7) is 10.3. The van der Waals surface area contributed by atoms with Gasteiger partial charge in [-0.2, -0.15) is 0 Å². The maximum absolute atomic E-state index is 12.5. The quantitative estimate of drug-likeness (QED) is 0.808. The average Bonchev–Trinajstić information content (AvgIpc) is 2.54. The van der Waals surface area contributed by atoms with E-state index in [1.165, 1.54) is 19.3 Å². The van der Waals surface area contributed by atoms with Crippen LogP contribution in [0.15, 0.2) is 0 Å². The van der Waals surface area contributed by atoms with Gasteiger partial charge in [0.05, 0.1) is 5.25 Å². The number of ether oxygens (including phenoxy) is 1. The molecule has 0 bridgehead atoms. The first-order valence-electron chi connectivity index (χ1n) is 8.66. The Kier molecular flexibility index (Phi) is 6.28. The number of hydrogen-bond acceptors (Lipinski definition) is 4. The number of hydrogen-bond donors (Lipinski definition) is 1. The lowest BCUT2D eigenvalue weighted by Crippen LogP contribution is -2.55. The van der Waals surface area contributed by atoms with E-state index < -0.39 is 10.0 Å². The van der Waals surface area contributed by atoms with Crippen molar-refractivity contribution in [3.8, 4) is 0 Å². The van der Waals surface area contributed by atoms with Crippen molar-refractivity contribution in [1.82, 2.24) is 9.62 Å². The van der Waals surface area contributed by atoms with Gasteiger partial charge < -0.3 is 4.74 Å². The first kappa shape index (κ1) is 18.2. The van der Waals surface area contributed by atoms with E-state index in [1.54, 1.807) is 0 Å². The molecule has 2 heterocycles. The molecule has 0 aromatic rings. The molecule has 0 radical (unpaired) electrons. The molecular formula is C16H32N2O3S. The van der Waals surface area contributed by atoms with E-state index in [9.17, 15) is 8.42 Å². The molecule has 2 aliphatic heterocycles. The highest BCUT2D eigenvalue weighted by Crippen LogP contribution is 2.26. The predicted molar refractivity (Wildman–Crippen MR) is 89.4 cm³/mol. The van der Waals surface area contributed by atoms with Crippen molar-refractivity contribution in [2.75, 3.05) is 32.8 Å². The molecule has 0 saturated carbocycles. The number of likely N-dealkylation sites (tertiary alicyclic amines) is 1. The largest absolute Gasteiger partial charge is 0.381 e. The molecule has 2 saturated heterocycles. The zero-order chi connectivity index (χ0) is 16.2. The van der Waals surface area contributed by atoms with Gasteiger partial charge in [0.2, 0.25) is 10.0 Å². The average molecular weight is 333 g/mol. The van der Waals surface area contributed by atoms with Crippen LogP contribution in [0.3, 0.4) is 0 Å². The van der Waals surface area contributed by atoms with Gasteiger partial charge in [-0.15, -0.1) is 0 Å². The van der Waals surface area contributed by atoms with E-state index in [0.29, 0.717) is 32.6 Å². The molecular weight excluding hydrogens is 300 g/mol. The molecule has 2 fully saturated rings. The summed E-state index contributed by atoms with van der Waals surface area (Å²) in [6, 6.07) is 0. The lowest BCUT2D eigenvalue weighted by atomic mass is 9.91. The fourth-order valence-electron chi connectivity index (χ4n) is 3.44. The SMILES string of the molecule is CCC1CCCN(C(C)(C)CNS(=O)(=O)C2CCOCC2)C1. The normalized spacial score (nSPS) is 26.2.